The summed E-state index contributed by atoms with van der Waals surface area (Å²) >= 11 is 0. The number of amides is 1. The van der Waals surface area contributed by atoms with Crippen molar-refractivity contribution in [2.24, 2.45) is 0 Å². The number of aryl methyl sites for hydroxylation is 1. The second-order valence-corrected chi connectivity index (χ2v) is 6.10. The average Bonchev–Trinajstić information content (AvgIpc) is 2.71. The number of carbonyl (C=O) groups excluding carboxylic acids is 1. The standard InChI is InChI=1S/C21H25NO6/c1-26-17-10-9-15(19(27-2)20(17)28-3)12-13-22-18(23)11-6-14-4-7-16(8-5-14)21(24)25/h4-5,7-10H,6,11-13H2,1-3H3,(H,22,23)(H,24,25). The van der Waals surface area contributed by atoms with Gasteiger partial charge in [0.2, 0.25) is 11.7 Å². The zero-order valence-corrected chi connectivity index (χ0v) is 16.3. The number of carboxylic acid groups (broad SMARTS) is 1. The molecule has 0 heterocycles. The maximum absolute atomic E-state index is 12.1. The highest BCUT2D eigenvalue weighted by Gasteiger charge is 2.15. The molecule has 0 aliphatic rings. The normalized spacial score (nSPS) is 10.2. The van der Waals surface area contributed by atoms with Gasteiger partial charge in [0.1, 0.15) is 0 Å². The highest BCUT2D eigenvalue weighted by Crippen LogP contribution is 2.39. The SMILES string of the molecule is COc1ccc(CCNC(=O)CCc2ccc(C(=O)O)cc2)c(OC)c1OC. The first-order chi connectivity index (χ1) is 13.5. The zero-order chi connectivity index (χ0) is 20.5. The third kappa shape index (κ3) is 5.39. The van der Waals surface area contributed by atoms with Crippen molar-refractivity contribution in [3.8, 4) is 17.2 Å². The number of carbonyl (C=O) groups is 2. The quantitative estimate of drug-likeness (QED) is 0.651. The van der Waals surface area contributed by atoms with Crippen LogP contribution < -0.4 is 19.5 Å². The topological polar surface area (TPSA) is 94.1 Å². The van der Waals surface area contributed by atoms with E-state index in [1.807, 2.05) is 6.07 Å². The van der Waals surface area contributed by atoms with Gasteiger partial charge in [-0.15, -0.1) is 0 Å². The second kappa shape index (κ2) is 10.2. The Hall–Kier alpha value is -3.22. The summed E-state index contributed by atoms with van der Waals surface area (Å²) in [7, 11) is 4.68. The number of hydrogen-bond donors (Lipinski definition) is 2. The summed E-state index contributed by atoms with van der Waals surface area (Å²) in [6, 6.07) is 10.2. The summed E-state index contributed by atoms with van der Waals surface area (Å²) in [5, 5.41) is 11.8. The first-order valence-electron chi connectivity index (χ1n) is 8.87. The number of hydrogen-bond acceptors (Lipinski definition) is 5. The largest absolute Gasteiger partial charge is 0.493 e. The molecule has 28 heavy (non-hydrogen) atoms. The highest BCUT2D eigenvalue weighted by atomic mass is 16.5. The molecule has 150 valence electrons. The minimum atomic E-state index is -0.963. The molecular formula is C21H25NO6. The van der Waals surface area contributed by atoms with E-state index in [-0.39, 0.29) is 11.5 Å². The lowest BCUT2D eigenvalue weighted by Gasteiger charge is -2.16. The average molecular weight is 387 g/mol. The summed E-state index contributed by atoms with van der Waals surface area (Å²) < 4.78 is 16.1. The molecule has 0 aromatic heterocycles. The molecule has 0 aliphatic carbocycles. The number of carboxylic acids is 1. The molecule has 0 saturated heterocycles. The Balaban J connectivity index is 1.86. The third-order valence-corrected chi connectivity index (χ3v) is 4.34. The predicted octanol–water partition coefficient (Wildman–Crippen LogP) is 2.70. The molecule has 0 aliphatic heterocycles. The molecule has 7 nitrogen and oxygen atoms in total. The fourth-order valence-electron chi connectivity index (χ4n) is 2.86. The van der Waals surface area contributed by atoms with E-state index in [1.165, 1.54) is 0 Å². The number of ether oxygens (including phenoxy) is 3. The first kappa shape index (κ1) is 21.1. The number of aromatic carboxylic acids is 1. The molecule has 2 aromatic rings. The minimum Gasteiger partial charge on any atom is -0.493 e. The molecule has 0 radical (unpaired) electrons. The third-order valence-electron chi connectivity index (χ3n) is 4.34. The monoisotopic (exact) mass is 387 g/mol. The molecule has 0 atom stereocenters. The Morgan fingerprint density at radius 3 is 2.14 bits per heavy atom. The van der Waals surface area contributed by atoms with Crippen molar-refractivity contribution in [2.75, 3.05) is 27.9 Å². The molecule has 2 aromatic carbocycles. The van der Waals surface area contributed by atoms with E-state index in [0.717, 1.165) is 11.1 Å². The Bertz CT molecular complexity index is 816. The van der Waals surface area contributed by atoms with Crippen LogP contribution in [0.4, 0.5) is 0 Å². The van der Waals surface area contributed by atoms with Gasteiger partial charge < -0.3 is 24.6 Å². The van der Waals surface area contributed by atoms with E-state index >= 15 is 0 Å². The first-order valence-corrected chi connectivity index (χ1v) is 8.87. The maximum atomic E-state index is 12.1. The molecule has 0 fully saturated rings. The van der Waals surface area contributed by atoms with Crippen LogP contribution in [-0.2, 0) is 17.6 Å². The van der Waals surface area contributed by atoms with E-state index in [0.29, 0.717) is 43.1 Å². The Labute approximate surface area is 164 Å². The lowest BCUT2D eigenvalue weighted by Crippen LogP contribution is -2.26. The Morgan fingerprint density at radius 1 is 0.893 bits per heavy atom. The fraction of sp³-hybridized carbons (Fsp3) is 0.333. The molecule has 0 unspecified atom stereocenters. The Kier molecular flexibility index (Phi) is 7.68. The van der Waals surface area contributed by atoms with E-state index in [1.54, 1.807) is 51.7 Å². The van der Waals surface area contributed by atoms with Crippen LogP contribution in [0.2, 0.25) is 0 Å². The van der Waals surface area contributed by atoms with E-state index in [2.05, 4.69) is 5.32 Å². The highest BCUT2D eigenvalue weighted by molar-refractivity contribution is 5.87. The summed E-state index contributed by atoms with van der Waals surface area (Å²) in [6.07, 6.45) is 1.46. The molecule has 0 bridgehead atoms. The van der Waals surface area contributed by atoms with Gasteiger partial charge >= 0.3 is 5.97 Å². The molecule has 1 amide bonds. The van der Waals surface area contributed by atoms with Crippen LogP contribution in [0.5, 0.6) is 17.2 Å². The van der Waals surface area contributed by atoms with Crippen molar-refractivity contribution >= 4 is 11.9 Å². The lowest BCUT2D eigenvalue weighted by molar-refractivity contribution is -0.121. The van der Waals surface area contributed by atoms with Gasteiger partial charge in [-0.3, -0.25) is 4.79 Å². The smallest absolute Gasteiger partial charge is 0.335 e. The number of nitrogens with one attached hydrogen (secondary N) is 1. The van der Waals surface area contributed by atoms with E-state index < -0.39 is 5.97 Å². The van der Waals surface area contributed by atoms with Crippen molar-refractivity contribution in [3.05, 3.63) is 53.1 Å². The van der Waals surface area contributed by atoms with Crippen molar-refractivity contribution in [3.63, 3.8) is 0 Å². The van der Waals surface area contributed by atoms with Gasteiger partial charge in [-0.1, -0.05) is 18.2 Å². The molecule has 0 saturated carbocycles. The van der Waals surface area contributed by atoms with Crippen LogP contribution in [0.3, 0.4) is 0 Å². The van der Waals surface area contributed by atoms with Gasteiger partial charge in [0, 0.05) is 18.5 Å². The van der Waals surface area contributed by atoms with Gasteiger partial charge in [0.15, 0.2) is 11.5 Å². The summed E-state index contributed by atoms with van der Waals surface area (Å²) in [4.78, 5) is 22.9. The lowest BCUT2D eigenvalue weighted by atomic mass is 10.1. The number of rotatable bonds is 10. The molecule has 0 spiro atoms. The van der Waals surface area contributed by atoms with Gasteiger partial charge in [-0.05, 0) is 36.6 Å². The fourth-order valence-corrected chi connectivity index (χ4v) is 2.86. The Morgan fingerprint density at radius 2 is 1.57 bits per heavy atom. The molecular weight excluding hydrogens is 362 g/mol. The van der Waals surface area contributed by atoms with Crippen LogP contribution in [0.1, 0.15) is 27.9 Å². The van der Waals surface area contributed by atoms with Gasteiger partial charge in [0.25, 0.3) is 0 Å². The summed E-state index contributed by atoms with van der Waals surface area (Å²) in [5.74, 6) is 0.672. The zero-order valence-electron chi connectivity index (χ0n) is 16.3. The van der Waals surface area contributed by atoms with Crippen LogP contribution >= 0.6 is 0 Å². The van der Waals surface area contributed by atoms with Crippen LogP contribution in [0.25, 0.3) is 0 Å². The van der Waals surface area contributed by atoms with E-state index in [9.17, 15) is 9.59 Å². The van der Waals surface area contributed by atoms with Gasteiger partial charge in [-0.25, -0.2) is 4.79 Å². The van der Waals surface area contributed by atoms with Crippen LogP contribution in [-0.4, -0.2) is 44.9 Å². The van der Waals surface area contributed by atoms with Crippen molar-refractivity contribution in [1.82, 2.24) is 5.32 Å². The number of methoxy groups -OCH3 is 3. The predicted molar refractivity (Wildman–Crippen MR) is 105 cm³/mol. The van der Waals surface area contributed by atoms with Crippen molar-refractivity contribution in [2.45, 2.75) is 19.3 Å². The minimum absolute atomic E-state index is 0.0678. The van der Waals surface area contributed by atoms with Crippen molar-refractivity contribution < 1.29 is 28.9 Å². The van der Waals surface area contributed by atoms with Crippen LogP contribution in [0, 0.1) is 0 Å². The summed E-state index contributed by atoms with van der Waals surface area (Å²) in [5.41, 5.74) is 2.06. The number of benzene rings is 2. The second-order valence-electron chi connectivity index (χ2n) is 6.10. The van der Waals surface area contributed by atoms with Gasteiger partial charge in [-0.2, -0.15) is 0 Å². The molecule has 2 rings (SSSR count). The maximum Gasteiger partial charge on any atom is 0.335 e. The van der Waals surface area contributed by atoms with Gasteiger partial charge in [0.05, 0.1) is 26.9 Å². The van der Waals surface area contributed by atoms with Crippen LogP contribution in [0.15, 0.2) is 36.4 Å². The molecule has 7 heteroatoms. The summed E-state index contributed by atoms with van der Waals surface area (Å²) in [6.45, 7) is 0.461. The van der Waals surface area contributed by atoms with E-state index in [4.69, 9.17) is 19.3 Å². The molecule has 2 N–H and O–H groups in total. The van der Waals surface area contributed by atoms with Crippen molar-refractivity contribution in [1.29, 1.82) is 0 Å².